The van der Waals surface area contributed by atoms with Crippen LogP contribution >= 0.6 is 12.2 Å². The van der Waals surface area contributed by atoms with Gasteiger partial charge in [-0.2, -0.15) is 0 Å². The quantitative estimate of drug-likeness (QED) is 0.281. The number of aromatic hydroxyl groups is 1. The maximum atomic E-state index is 14.1. The molecular formula is C28H26N2O4S. The molecule has 6 nitrogen and oxygen atoms in total. The minimum absolute atomic E-state index is 0.0561. The topological polar surface area (TPSA) is 81.1 Å². The van der Waals surface area contributed by atoms with Gasteiger partial charge >= 0.3 is 0 Å². The number of allylic oxidation sites excluding steroid dienone is 2. The number of carbonyl (C=O) groups excluding carboxylic acids is 2. The van der Waals surface area contributed by atoms with Crippen LogP contribution in [-0.2, 0) is 9.59 Å². The highest BCUT2D eigenvalue weighted by atomic mass is 32.1. The summed E-state index contributed by atoms with van der Waals surface area (Å²) in [6.45, 7) is 5.20. The smallest absolute Gasteiger partial charge is 0.246 e. The summed E-state index contributed by atoms with van der Waals surface area (Å²) in [7, 11) is 0. The van der Waals surface area contributed by atoms with E-state index in [-0.39, 0.29) is 16.6 Å². The number of anilines is 2. The number of thiocarbonyl (C=S) groups is 1. The molecular weight excluding hydrogens is 460 g/mol. The van der Waals surface area contributed by atoms with Gasteiger partial charge in [-0.25, -0.2) is 0 Å². The van der Waals surface area contributed by atoms with Crippen molar-refractivity contribution in [3.63, 3.8) is 0 Å². The summed E-state index contributed by atoms with van der Waals surface area (Å²) in [6.07, 6.45) is 1.43. The summed E-state index contributed by atoms with van der Waals surface area (Å²) in [5.41, 5.74) is 3.12. The Morgan fingerprint density at radius 1 is 0.857 bits per heavy atom. The largest absolute Gasteiger partial charge is 0.513 e. The van der Waals surface area contributed by atoms with E-state index in [1.807, 2.05) is 38.1 Å². The molecule has 0 spiro atoms. The molecule has 178 valence electrons. The molecule has 3 aromatic rings. The molecule has 0 radical (unpaired) electrons. The summed E-state index contributed by atoms with van der Waals surface area (Å²) in [5, 5.41) is 20.9. The molecule has 0 aromatic heterocycles. The first-order valence-electron chi connectivity index (χ1n) is 11.2. The maximum Gasteiger partial charge on any atom is 0.246 e. The van der Waals surface area contributed by atoms with Gasteiger partial charge in [-0.15, -0.1) is 0 Å². The lowest BCUT2D eigenvalue weighted by Gasteiger charge is -2.42. The van der Waals surface area contributed by atoms with Gasteiger partial charge in [0, 0.05) is 11.5 Å². The number of hydrogen-bond acceptors (Lipinski definition) is 5. The zero-order valence-corrected chi connectivity index (χ0v) is 20.5. The van der Waals surface area contributed by atoms with Crippen LogP contribution in [0.3, 0.4) is 0 Å². The third-order valence-electron chi connectivity index (χ3n) is 6.14. The molecule has 1 heterocycles. The van der Waals surface area contributed by atoms with Crippen molar-refractivity contribution in [1.29, 1.82) is 0 Å². The summed E-state index contributed by atoms with van der Waals surface area (Å²) >= 11 is 5.75. The first-order valence-corrected chi connectivity index (χ1v) is 11.6. The van der Waals surface area contributed by atoms with Gasteiger partial charge in [0.15, 0.2) is 5.11 Å². The normalized spacial score (nSPS) is 16.1. The SMILES string of the molecule is C/C(O)=C/C(c1ccccc1O)C1C(=O)N(c2ccccc2C)C(=S)N(c2ccccc2C)C1=O. The van der Waals surface area contributed by atoms with Crippen molar-refractivity contribution >= 4 is 40.5 Å². The van der Waals surface area contributed by atoms with Gasteiger partial charge in [0.25, 0.3) is 0 Å². The molecule has 2 N–H and O–H groups in total. The van der Waals surface area contributed by atoms with E-state index in [9.17, 15) is 19.8 Å². The molecule has 7 heteroatoms. The van der Waals surface area contributed by atoms with Crippen molar-refractivity contribution in [3.05, 3.63) is 101 Å². The Morgan fingerprint density at radius 2 is 1.31 bits per heavy atom. The Balaban J connectivity index is 1.97. The van der Waals surface area contributed by atoms with E-state index >= 15 is 0 Å². The van der Waals surface area contributed by atoms with Crippen molar-refractivity contribution < 1.29 is 19.8 Å². The van der Waals surface area contributed by atoms with E-state index < -0.39 is 23.7 Å². The monoisotopic (exact) mass is 486 g/mol. The number of hydrogen-bond donors (Lipinski definition) is 2. The minimum Gasteiger partial charge on any atom is -0.513 e. The number of aliphatic hydroxyl groups is 1. The maximum absolute atomic E-state index is 14.1. The highest BCUT2D eigenvalue weighted by Crippen LogP contribution is 2.40. The second-order valence-electron chi connectivity index (χ2n) is 8.57. The van der Waals surface area contributed by atoms with Crippen molar-refractivity contribution in [3.8, 4) is 5.75 Å². The standard InChI is InChI=1S/C28H26N2O4S/c1-17-10-4-7-13-22(17)29-26(33)25(21(16-19(3)31)20-12-6-9-15-24(20)32)27(34)30(28(29)35)23-14-8-5-11-18(23)2/h4-16,21,25,31-32H,1-3H3/b19-16-. The van der Waals surface area contributed by atoms with Gasteiger partial charge < -0.3 is 10.2 Å². The summed E-state index contributed by atoms with van der Waals surface area (Å²) in [5.74, 6) is -3.40. The third kappa shape index (κ3) is 4.42. The van der Waals surface area contributed by atoms with Crippen LogP contribution in [0.15, 0.2) is 84.6 Å². The number of amides is 2. The number of phenols is 1. The van der Waals surface area contributed by atoms with E-state index in [2.05, 4.69) is 0 Å². The molecule has 0 aliphatic carbocycles. The number of nitrogens with zero attached hydrogens (tertiary/aromatic N) is 2. The average Bonchev–Trinajstić information content (AvgIpc) is 2.81. The number of phenolic OH excluding ortho intramolecular Hbond substituents is 1. The number of rotatable bonds is 5. The number of para-hydroxylation sites is 3. The average molecular weight is 487 g/mol. The van der Waals surface area contributed by atoms with Crippen LogP contribution in [0.25, 0.3) is 0 Å². The zero-order chi connectivity index (χ0) is 25.3. The second kappa shape index (κ2) is 9.72. The van der Waals surface area contributed by atoms with Crippen molar-refractivity contribution in [2.45, 2.75) is 26.7 Å². The number of benzene rings is 3. The summed E-state index contributed by atoms with van der Waals surface area (Å²) in [6, 6.07) is 21.1. The predicted octanol–water partition coefficient (Wildman–Crippen LogP) is 5.54. The number of aryl methyl sites for hydroxylation is 2. The first-order chi connectivity index (χ1) is 16.7. The van der Waals surface area contributed by atoms with Crippen LogP contribution in [0.1, 0.15) is 29.5 Å². The Labute approximate surface area is 209 Å². The number of carbonyl (C=O) groups is 2. The fourth-order valence-corrected chi connectivity index (χ4v) is 4.82. The minimum atomic E-state index is -1.28. The second-order valence-corrected chi connectivity index (χ2v) is 8.94. The molecule has 0 saturated carbocycles. The van der Waals surface area contributed by atoms with E-state index in [0.29, 0.717) is 16.9 Å². The first kappa shape index (κ1) is 24.2. The molecule has 1 fully saturated rings. The number of aliphatic hydroxyl groups excluding tert-OH is 1. The molecule has 4 rings (SSSR count). The lowest BCUT2D eigenvalue weighted by molar-refractivity contribution is -0.132. The molecule has 2 amide bonds. The predicted molar refractivity (Wildman–Crippen MR) is 141 cm³/mol. The molecule has 3 aromatic carbocycles. The van der Waals surface area contributed by atoms with Gasteiger partial charge in [0.2, 0.25) is 11.8 Å². The van der Waals surface area contributed by atoms with Crippen molar-refractivity contribution in [2.24, 2.45) is 5.92 Å². The lowest BCUT2D eigenvalue weighted by Crippen LogP contribution is -2.61. The van der Waals surface area contributed by atoms with Gasteiger partial charge in [0.1, 0.15) is 11.7 Å². The van der Waals surface area contributed by atoms with Crippen LogP contribution in [0, 0.1) is 19.8 Å². The van der Waals surface area contributed by atoms with E-state index in [1.54, 1.807) is 42.5 Å². The van der Waals surface area contributed by atoms with Crippen LogP contribution in [-0.4, -0.2) is 27.1 Å². The zero-order valence-electron chi connectivity index (χ0n) is 19.7. The van der Waals surface area contributed by atoms with Gasteiger partial charge in [0.05, 0.1) is 17.1 Å². The fraction of sp³-hybridized carbons (Fsp3) is 0.179. The van der Waals surface area contributed by atoms with Crippen molar-refractivity contribution in [2.75, 3.05) is 9.80 Å². The molecule has 1 saturated heterocycles. The van der Waals surface area contributed by atoms with Crippen LogP contribution < -0.4 is 9.80 Å². The van der Waals surface area contributed by atoms with Gasteiger partial charge in [-0.3, -0.25) is 19.4 Å². The fourth-order valence-electron chi connectivity index (χ4n) is 4.45. The Morgan fingerprint density at radius 3 is 1.77 bits per heavy atom. The van der Waals surface area contributed by atoms with Crippen LogP contribution in [0.2, 0.25) is 0 Å². The van der Waals surface area contributed by atoms with E-state index in [0.717, 1.165) is 11.1 Å². The van der Waals surface area contributed by atoms with E-state index in [1.165, 1.54) is 28.9 Å². The Bertz CT molecular complexity index is 1280. The summed E-state index contributed by atoms with van der Waals surface area (Å²) < 4.78 is 0. The van der Waals surface area contributed by atoms with Crippen molar-refractivity contribution in [1.82, 2.24) is 0 Å². The lowest BCUT2D eigenvalue weighted by atomic mass is 9.81. The Kier molecular flexibility index (Phi) is 6.71. The molecule has 35 heavy (non-hydrogen) atoms. The molecule has 1 unspecified atom stereocenters. The highest BCUT2D eigenvalue weighted by molar-refractivity contribution is 7.81. The molecule has 0 bridgehead atoms. The third-order valence-corrected chi connectivity index (χ3v) is 6.51. The molecule has 1 atom stereocenters. The van der Waals surface area contributed by atoms with Crippen LogP contribution in [0.4, 0.5) is 11.4 Å². The van der Waals surface area contributed by atoms with Gasteiger partial charge in [-0.05, 0) is 68.4 Å². The molecule has 1 aliphatic heterocycles. The van der Waals surface area contributed by atoms with E-state index in [4.69, 9.17) is 12.2 Å². The van der Waals surface area contributed by atoms with Crippen LogP contribution in [0.5, 0.6) is 5.75 Å². The Hall–Kier alpha value is -3.97. The van der Waals surface area contributed by atoms with Gasteiger partial charge in [-0.1, -0.05) is 54.6 Å². The molecule has 1 aliphatic rings. The highest BCUT2D eigenvalue weighted by Gasteiger charge is 2.49. The summed E-state index contributed by atoms with van der Waals surface area (Å²) in [4.78, 5) is 30.9.